The average molecular weight is 294 g/mol. The van der Waals surface area contributed by atoms with Crippen LogP contribution in [0.5, 0.6) is 5.75 Å². The third kappa shape index (κ3) is 5.76. The molecule has 0 spiro atoms. The minimum Gasteiger partial charge on any atom is -0.508 e. The first-order valence-corrected chi connectivity index (χ1v) is 7.76. The van der Waals surface area contributed by atoms with Crippen LogP contribution in [0.1, 0.15) is 68.3 Å². The molecule has 1 rings (SSSR count). The first-order valence-electron chi connectivity index (χ1n) is 7.76. The van der Waals surface area contributed by atoms with Crippen LogP contribution in [0, 0.1) is 0 Å². The van der Waals surface area contributed by atoms with Crippen LogP contribution >= 0.6 is 0 Å². The number of carbonyl (C=O) groups is 1. The van der Waals surface area contributed by atoms with Gasteiger partial charge < -0.3 is 14.9 Å². The maximum absolute atomic E-state index is 12.2. The minimum absolute atomic E-state index is 0.0115. The fourth-order valence-electron chi connectivity index (χ4n) is 2.18. The Labute approximate surface area is 126 Å². The Morgan fingerprint density at radius 2 is 1.81 bits per heavy atom. The van der Waals surface area contributed by atoms with Crippen molar-refractivity contribution in [2.45, 2.75) is 65.1 Å². The van der Waals surface area contributed by atoms with Gasteiger partial charge in [0.2, 0.25) is 0 Å². The zero-order chi connectivity index (χ0) is 15.7. The molecule has 0 fully saturated rings. The van der Waals surface area contributed by atoms with E-state index in [0.29, 0.717) is 11.1 Å². The maximum atomic E-state index is 12.2. The van der Waals surface area contributed by atoms with E-state index >= 15 is 0 Å². The van der Waals surface area contributed by atoms with Crippen molar-refractivity contribution >= 4 is 5.97 Å². The van der Waals surface area contributed by atoms with E-state index in [1.807, 2.05) is 0 Å². The lowest BCUT2D eigenvalue weighted by Gasteiger charge is -2.17. The Morgan fingerprint density at radius 3 is 2.33 bits per heavy atom. The zero-order valence-electron chi connectivity index (χ0n) is 13.0. The second-order valence-corrected chi connectivity index (χ2v) is 5.31. The third-order valence-corrected chi connectivity index (χ3v) is 3.52. The molecule has 1 aromatic rings. The van der Waals surface area contributed by atoms with Crippen molar-refractivity contribution in [1.82, 2.24) is 0 Å². The van der Waals surface area contributed by atoms with Gasteiger partial charge in [0.1, 0.15) is 11.9 Å². The zero-order valence-corrected chi connectivity index (χ0v) is 13.0. The van der Waals surface area contributed by atoms with Gasteiger partial charge in [0.05, 0.1) is 12.2 Å². The smallest absolute Gasteiger partial charge is 0.338 e. The quantitative estimate of drug-likeness (QED) is 0.680. The summed E-state index contributed by atoms with van der Waals surface area (Å²) in [5, 5.41) is 18.6. The highest BCUT2D eigenvalue weighted by Crippen LogP contribution is 2.20. The lowest BCUT2D eigenvalue weighted by molar-refractivity contribution is 0.0251. The normalized spacial score (nSPS) is 10.9. The van der Waals surface area contributed by atoms with E-state index in [0.717, 1.165) is 38.5 Å². The number of hydrogen-bond acceptors (Lipinski definition) is 4. The molecule has 4 heteroatoms. The van der Waals surface area contributed by atoms with Gasteiger partial charge in [0, 0.05) is 5.56 Å². The Balaban J connectivity index is 2.71. The molecule has 21 heavy (non-hydrogen) atoms. The molecule has 4 nitrogen and oxygen atoms in total. The number of phenols is 1. The Kier molecular flexibility index (Phi) is 7.83. The van der Waals surface area contributed by atoms with Crippen molar-refractivity contribution in [2.24, 2.45) is 0 Å². The molecule has 0 heterocycles. The van der Waals surface area contributed by atoms with Crippen LogP contribution in [0.25, 0.3) is 0 Å². The molecular weight excluding hydrogens is 268 g/mol. The van der Waals surface area contributed by atoms with Crippen LogP contribution in [0.15, 0.2) is 18.2 Å². The molecule has 0 atom stereocenters. The Hall–Kier alpha value is -1.55. The first kappa shape index (κ1) is 17.5. The largest absolute Gasteiger partial charge is 0.508 e. The van der Waals surface area contributed by atoms with E-state index in [1.165, 1.54) is 18.2 Å². The Bertz CT molecular complexity index is 434. The van der Waals surface area contributed by atoms with Crippen molar-refractivity contribution in [3.8, 4) is 5.75 Å². The molecule has 0 saturated heterocycles. The van der Waals surface area contributed by atoms with Gasteiger partial charge in [0.25, 0.3) is 0 Å². The van der Waals surface area contributed by atoms with E-state index in [-0.39, 0.29) is 24.4 Å². The van der Waals surface area contributed by atoms with Gasteiger partial charge in [-0.05, 0) is 31.0 Å². The molecule has 0 radical (unpaired) electrons. The van der Waals surface area contributed by atoms with Crippen molar-refractivity contribution in [3.63, 3.8) is 0 Å². The molecular formula is C17H26O4. The molecule has 118 valence electrons. The number of esters is 1. The van der Waals surface area contributed by atoms with Gasteiger partial charge in [-0.25, -0.2) is 4.79 Å². The summed E-state index contributed by atoms with van der Waals surface area (Å²) in [6.07, 6.45) is 5.95. The van der Waals surface area contributed by atoms with Crippen LogP contribution in [-0.2, 0) is 11.3 Å². The summed E-state index contributed by atoms with van der Waals surface area (Å²) in [5.41, 5.74) is 0.706. The summed E-state index contributed by atoms with van der Waals surface area (Å²) in [4.78, 5) is 12.2. The molecule has 0 amide bonds. The van der Waals surface area contributed by atoms with Crippen molar-refractivity contribution in [3.05, 3.63) is 29.3 Å². The predicted molar refractivity (Wildman–Crippen MR) is 82.3 cm³/mol. The van der Waals surface area contributed by atoms with Crippen LogP contribution < -0.4 is 0 Å². The lowest BCUT2D eigenvalue weighted by Crippen LogP contribution is -2.18. The average Bonchev–Trinajstić information content (AvgIpc) is 2.50. The summed E-state index contributed by atoms with van der Waals surface area (Å²) in [6.45, 7) is 3.93. The highest BCUT2D eigenvalue weighted by Gasteiger charge is 2.16. The van der Waals surface area contributed by atoms with Gasteiger partial charge >= 0.3 is 5.97 Å². The van der Waals surface area contributed by atoms with Crippen molar-refractivity contribution < 1.29 is 19.7 Å². The van der Waals surface area contributed by atoms with Gasteiger partial charge in [-0.3, -0.25) is 0 Å². The number of benzene rings is 1. The second kappa shape index (κ2) is 9.40. The van der Waals surface area contributed by atoms with Gasteiger partial charge in [0.15, 0.2) is 0 Å². The fraction of sp³-hybridized carbons (Fsp3) is 0.588. The van der Waals surface area contributed by atoms with E-state index < -0.39 is 0 Å². The Morgan fingerprint density at radius 1 is 1.19 bits per heavy atom. The van der Waals surface area contributed by atoms with Gasteiger partial charge in [-0.1, -0.05) is 39.5 Å². The molecule has 0 aliphatic heterocycles. The number of unbranched alkanes of at least 4 members (excludes halogenated alkanes) is 2. The summed E-state index contributed by atoms with van der Waals surface area (Å²) in [6, 6.07) is 4.41. The molecule has 1 aromatic carbocycles. The third-order valence-electron chi connectivity index (χ3n) is 3.52. The van der Waals surface area contributed by atoms with E-state index in [9.17, 15) is 9.90 Å². The van der Waals surface area contributed by atoms with Crippen molar-refractivity contribution in [1.29, 1.82) is 0 Å². The highest BCUT2D eigenvalue weighted by atomic mass is 16.5. The second-order valence-electron chi connectivity index (χ2n) is 5.31. The van der Waals surface area contributed by atoms with Crippen molar-refractivity contribution in [2.75, 3.05) is 0 Å². The number of aliphatic hydroxyl groups is 1. The molecule has 0 aliphatic carbocycles. The lowest BCUT2D eigenvalue weighted by atomic mass is 10.1. The fourth-order valence-corrected chi connectivity index (χ4v) is 2.18. The highest BCUT2D eigenvalue weighted by molar-refractivity contribution is 5.90. The standard InChI is InChI=1S/C17H26O4/c1-3-5-7-15(8-6-4-2)21-17(20)13-9-10-16(19)14(11-13)12-18/h9-11,15,18-19H,3-8,12H2,1-2H3. The van der Waals surface area contributed by atoms with Gasteiger partial charge in [-0.15, -0.1) is 0 Å². The number of aliphatic hydroxyl groups excluding tert-OH is 1. The van der Waals surface area contributed by atoms with Crippen LogP contribution in [0.3, 0.4) is 0 Å². The molecule has 2 N–H and O–H groups in total. The number of hydrogen-bond donors (Lipinski definition) is 2. The summed E-state index contributed by atoms with van der Waals surface area (Å²) < 4.78 is 5.58. The van der Waals surface area contributed by atoms with Crippen LogP contribution in [0.4, 0.5) is 0 Å². The number of carbonyl (C=O) groups excluding carboxylic acids is 1. The topological polar surface area (TPSA) is 66.8 Å². The van der Waals surface area contributed by atoms with E-state index in [4.69, 9.17) is 9.84 Å². The maximum Gasteiger partial charge on any atom is 0.338 e. The first-order chi connectivity index (χ1) is 10.1. The monoisotopic (exact) mass is 294 g/mol. The molecule has 0 aliphatic rings. The van der Waals surface area contributed by atoms with E-state index in [1.54, 1.807) is 0 Å². The van der Waals surface area contributed by atoms with Crippen LogP contribution in [-0.4, -0.2) is 22.3 Å². The van der Waals surface area contributed by atoms with Gasteiger partial charge in [-0.2, -0.15) is 0 Å². The summed E-state index contributed by atoms with van der Waals surface area (Å²) >= 11 is 0. The summed E-state index contributed by atoms with van der Waals surface area (Å²) in [7, 11) is 0. The number of rotatable bonds is 9. The molecule has 0 aromatic heterocycles. The number of ether oxygens (including phenoxy) is 1. The van der Waals surface area contributed by atoms with Crippen LogP contribution in [0.2, 0.25) is 0 Å². The van der Waals surface area contributed by atoms with E-state index in [2.05, 4.69) is 13.8 Å². The SMILES string of the molecule is CCCCC(CCCC)OC(=O)c1ccc(O)c(CO)c1. The minimum atomic E-state index is -0.387. The molecule has 0 saturated carbocycles. The predicted octanol–water partition coefficient (Wildman–Crippen LogP) is 3.79. The molecule has 0 unspecified atom stereocenters. The number of aromatic hydroxyl groups is 1. The summed E-state index contributed by atoms with van der Waals surface area (Å²) in [5.74, 6) is -0.399. The molecule has 0 bridgehead atoms.